The Kier molecular flexibility index (Phi) is 5.03. The number of rotatable bonds is 4. The minimum Gasteiger partial charge on any atom is -0.351 e. The molecule has 1 saturated heterocycles. The van der Waals surface area contributed by atoms with Crippen molar-refractivity contribution in [1.29, 1.82) is 0 Å². The van der Waals surface area contributed by atoms with Crippen molar-refractivity contribution in [2.75, 3.05) is 19.6 Å². The zero-order chi connectivity index (χ0) is 14.5. The lowest BCUT2D eigenvalue weighted by atomic mass is 10.1. The Bertz CT molecular complexity index is 473. The van der Waals surface area contributed by atoms with Gasteiger partial charge in [0, 0.05) is 31.2 Å². The SMILES string of the molecule is NC1CCN(CC(=O)NCc2cc(F)ccc2F)CC1. The second kappa shape index (κ2) is 6.76. The Morgan fingerprint density at radius 2 is 2.05 bits per heavy atom. The molecule has 1 heterocycles. The van der Waals surface area contributed by atoms with Crippen molar-refractivity contribution in [1.82, 2.24) is 10.2 Å². The van der Waals surface area contributed by atoms with E-state index in [4.69, 9.17) is 5.73 Å². The fourth-order valence-corrected chi connectivity index (χ4v) is 2.24. The average molecular weight is 283 g/mol. The minimum absolute atomic E-state index is 0.00419. The summed E-state index contributed by atoms with van der Waals surface area (Å²) in [7, 11) is 0. The van der Waals surface area contributed by atoms with Gasteiger partial charge in [-0.3, -0.25) is 9.69 Å². The van der Waals surface area contributed by atoms with Gasteiger partial charge in [0.25, 0.3) is 0 Å². The number of hydrogen-bond acceptors (Lipinski definition) is 3. The fourth-order valence-electron chi connectivity index (χ4n) is 2.24. The lowest BCUT2D eigenvalue weighted by Crippen LogP contribution is -2.44. The van der Waals surface area contributed by atoms with E-state index in [0.717, 1.165) is 44.1 Å². The third-order valence-corrected chi connectivity index (χ3v) is 3.48. The van der Waals surface area contributed by atoms with Crippen molar-refractivity contribution >= 4 is 5.91 Å². The highest BCUT2D eigenvalue weighted by atomic mass is 19.1. The summed E-state index contributed by atoms with van der Waals surface area (Å²) in [4.78, 5) is 13.8. The van der Waals surface area contributed by atoms with E-state index >= 15 is 0 Å². The molecule has 6 heteroatoms. The van der Waals surface area contributed by atoms with E-state index in [-0.39, 0.29) is 30.6 Å². The number of carbonyl (C=O) groups excluding carboxylic acids is 1. The summed E-state index contributed by atoms with van der Waals surface area (Å²) in [6.07, 6.45) is 1.76. The molecular weight excluding hydrogens is 264 g/mol. The topological polar surface area (TPSA) is 58.4 Å². The summed E-state index contributed by atoms with van der Waals surface area (Å²) < 4.78 is 26.4. The van der Waals surface area contributed by atoms with Gasteiger partial charge >= 0.3 is 0 Å². The smallest absolute Gasteiger partial charge is 0.234 e. The van der Waals surface area contributed by atoms with Crippen LogP contribution in [-0.2, 0) is 11.3 Å². The number of nitrogens with zero attached hydrogens (tertiary/aromatic N) is 1. The van der Waals surface area contributed by atoms with Gasteiger partial charge in [-0.1, -0.05) is 0 Å². The third-order valence-electron chi connectivity index (χ3n) is 3.48. The van der Waals surface area contributed by atoms with E-state index in [1.165, 1.54) is 0 Å². The van der Waals surface area contributed by atoms with Crippen LogP contribution in [0.15, 0.2) is 18.2 Å². The van der Waals surface area contributed by atoms with Crippen LogP contribution in [0.2, 0.25) is 0 Å². The van der Waals surface area contributed by atoms with Gasteiger partial charge in [-0.15, -0.1) is 0 Å². The molecule has 0 aliphatic carbocycles. The zero-order valence-corrected chi connectivity index (χ0v) is 11.2. The first kappa shape index (κ1) is 14.9. The van der Waals surface area contributed by atoms with Gasteiger partial charge in [0.15, 0.2) is 0 Å². The van der Waals surface area contributed by atoms with Crippen molar-refractivity contribution in [3.63, 3.8) is 0 Å². The third kappa shape index (κ3) is 4.25. The molecule has 0 bridgehead atoms. The van der Waals surface area contributed by atoms with E-state index in [2.05, 4.69) is 5.32 Å². The molecule has 1 fully saturated rings. The highest BCUT2D eigenvalue weighted by Crippen LogP contribution is 2.10. The molecule has 1 aliphatic rings. The Balaban J connectivity index is 1.79. The predicted molar refractivity (Wildman–Crippen MR) is 71.9 cm³/mol. The van der Waals surface area contributed by atoms with Gasteiger partial charge in [-0.25, -0.2) is 8.78 Å². The van der Waals surface area contributed by atoms with Gasteiger partial charge in [-0.05, 0) is 31.0 Å². The number of halogens is 2. The van der Waals surface area contributed by atoms with E-state index in [1.807, 2.05) is 4.90 Å². The molecule has 3 N–H and O–H groups in total. The summed E-state index contributed by atoms with van der Waals surface area (Å²) in [5, 5.41) is 2.61. The lowest BCUT2D eigenvalue weighted by Gasteiger charge is -2.29. The molecule has 1 aromatic rings. The summed E-state index contributed by atoms with van der Waals surface area (Å²) in [6, 6.07) is 3.42. The zero-order valence-electron chi connectivity index (χ0n) is 11.2. The fraction of sp³-hybridized carbons (Fsp3) is 0.500. The van der Waals surface area contributed by atoms with E-state index in [0.29, 0.717) is 0 Å². The monoisotopic (exact) mass is 283 g/mol. The minimum atomic E-state index is -0.518. The van der Waals surface area contributed by atoms with Crippen LogP contribution in [0.5, 0.6) is 0 Å². The average Bonchev–Trinajstić information content (AvgIpc) is 2.42. The van der Waals surface area contributed by atoms with E-state index in [9.17, 15) is 13.6 Å². The highest BCUT2D eigenvalue weighted by molar-refractivity contribution is 5.78. The maximum Gasteiger partial charge on any atom is 0.234 e. The number of nitrogens with two attached hydrogens (primary N) is 1. The summed E-state index contributed by atoms with van der Waals surface area (Å²) in [5.41, 5.74) is 5.94. The molecule has 1 aromatic carbocycles. The first-order chi connectivity index (χ1) is 9.54. The highest BCUT2D eigenvalue weighted by Gasteiger charge is 2.18. The Morgan fingerprint density at radius 3 is 2.75 bits per heavy atom. The molecule has 0 unspecified atom stereocenters. The molecule has 0 saturated carbocycles. The number of hydrogen-bond donors (Lipinski definition) is 2. The van der Waals surface area contributed by atoms with Gasteiger partial charge in [0.1, 0.15) is 11.6 Å². The number of likely N-dealkylation sites (tertiary alicyclic amines) is 1. The van der Waals surface area contributed by atoms with Crippen LogP contribution in [0, 0.1) is 11.6 Å². The molecule has 110 valence electrons. The molecule has 1 aliphatic heterocycles. The van der Waals surface area contributed by atoms with E-state index in [1.54, 1.807) is 0 Å². The van der Waals surface area contributed by atoms with Crippen LogP contribution in [0.1, 0.15) is 18.4 Å². The van der Waals surface area contributed by atoms with Crippen LogP contribution in [0.4, 0.5) is 8.78 Å². The van der Waals surface area contributed by atoms with Crippen LogP contribution >= 0.6 is 0 Å². The number of nitrogens with one attached hydrogen (secondary N) is 1. The number of piperidine rings is 1. The second-order valence-electron chi connectivity index (χ2n) is 5.13. The maximum atomic E-state index is 13.4. The van der Waals surface area contributed by atoms with Crippen molar-refractivity contribution in [2.45, 2.75) is 25.4 Å². The van der Waals surface area contributed by atoms with Crippen LogP contribution in [-0.4, -0.2) is 36.5 Å². The molecule has 20 heavy (non-hydrogen) atoms. The molecule has 2 rings (SSSR count). The van der Waals surface area contributed by atoms with Gasteiger partial charge in [-0.2, -0.15) is 0 Å². The van der Waals surface area contributed by atoms with Crippen molar-refractivity contribution in [3.8, 4) is 0 Å². The Hall–Kier alpha value is -1.53. The molecule has 1 amide bonds. The summed E-state index contributed by atoms with van der Waals surface area (Å²) in [6.45, 7) is 1.85. The van der Waals surface area contributed by atoms with Crippen LogP contribution in [0.25, 0.3) is 0 Å². The summed E-state index contributed by atoms with van der Waals surface area (Å²) >= 11 is 0. The second-order valence-corrected chi connectivity index (χ2v) is 5.13. The Labute approximate surface area is 116 Å². The number of amides is 1. The first-order valence-corrected chi connectivity index (χ1v) is 6.73. The van der Waals surface area contributed by atoms with Crippen molar-refractivity contribution in [2.24, 2.45) is 5.73 Å². The first-order valence-electron chi connectivity index (χ1n) is 6.73. The Morgan fingerprint density at radius 1 is 1.35 bits per heavy atom. The summed E-state index contributed by atoms with van der Waals surface area (Å²) in [5.74, 6) is -1.22. The van der Waals surface area contributed by atoms with Crippen molar-refractivity contribution in [3.05, 3.63) is 35.4 Å². The van der Waals surface area contributed by atoms with Gasteiger partial charge in [0.2, 0.25) is 5.91 Å². The molecular formula is C14H19F2N3O. The maximum absolute atomic E-state index is 13.4. The van der Waals surface area contributed by atoms with E-state index < -0.39 is 11.6 Å². The lowest BCUT2D eigenvalue weighted by molar-refractivity contribution is -0.122. The predicted octanol–water partition coefficient (Wildman–Crippen LogP) is 1.00. The molecule has 0 radical (unpaired) electrons. The number of carbonyl (C=O) groups is 1. The molecule has 0 spiro atoms. The molecule has 0 aromatic heterocycles. The van der Waals surface area contributed by atoms with Crippen molar-refractivity contribution < 1.29 is 13.6 Å². The quantitative estimate of drug-likeness (QED) is 0.867. The standard InChI is InChI=1S/C14H19F2N3O/c15-11-1-2-13(16)10(7-11)8-18-14(20)9-19-5-3-12(17)4-6-19/h1-2,7,12H,3-6,8-9,17H2,(H,18,20). The molecule has 4 nitrogen and oxygen atoms in total. The normalized spacial score (nSPS) is 17.1. The number of benzene rings is 1. The van der Waals surface area contributed by atoms with Crippen LogP contribution in [0.3, 0.4) is 0 Å². The van der Waals surface area contributed by atoms with Gasteiger partial charge < -0.3 is 11.1 Å². The largest absolute Gasteiger partial charge is 0.351 e. The van der Waals surface area contributed by atoms with Gasteiger partial charge in [0.05, 0.1) is 6.54 Å². The van der Waals surface area contributed by atoms with Crippen LogP contribution < -0.4 is 11.1 Å². The molecule has 0 atom stereocenters.